The SMILES string of the molecule is Cc1cc(Nc2ccc(F)c(Cl)c2)nc(Nc2c(F)cccc2F)n1. The number of benzene rings is 2. The standard InChI is InChI=1S/C17H12ClF3N4/c1-9-7-15(23-10-5-6-12(19)11(18)8-10)24-17(22-9)25-16-13(20)3-2-4-14(16)21/h2-8H,1H3,(H2,22,23,24,25). The summed E-state index contributed by atoms with van der Waals surface area (Å²) < 4.78 is 40.7. The molecule has 0 bridgehead atoms. The average Bonchev–Trinajstić information content (AvgIpc) is 2.54. The van der Waals surface area contributed by atoms with Crippen LogP contribution in [-0.4, -0.2) is 9.97 Å². The van der Waals surface area contributed by atoms with E-state index >= 15 is 0 Å². The van der Waals surface area contributed by atoms with Gasteiger partial charge in [-0.1, -0.05) is 17.7 Å². The van der Waals surface area contributed by atoms with Gasteiger partial charge in [0, 0.05) is 17.4 Å². The monoisotopic (exact) mass is 364 g/mol. The van der Waals surface area contributed by atoms with Crippen LogP contribution >= 0.6 is 11.6 Å². The predicted octanol–water partition coefficient (Wildman–Crippen LogP) is 5.34. The zero-order chi connectivity index (χ0) is 18.0. The van der Waals surface area contributed by atoms with Crippen LogP contribution in [0.25, 0.3) is 0 Å². The number of hydrogen-bond acceptors (Lipinski definition) is 4. The molecule has 2 N–H and O–H groups in total. The lowest BCUT2D eigenvalue weighted by Crippen LogP contribution is -2.05. The highest BCUT2D eigenvalue weighted by molar-refractivity contribution is 6.31. The van der Waals surface area contributed by atoms with Gasteiger partial charge in [-0.2, -0.15) is 4.98 Å². The molecular formula is C17H12ClF3N4. The number of nitrogens with one attached hydrogen (secondary N) is 2. The van der Waals surface area contributed by atoms with Gasteiger partial charge in [-0.3, -0.25) is 0 Å². The molecule has 25 heavy (non-hydrogen) atoms. The third-order valence-corrected chi connectivity index (χ3v) is 3.54. The Labute approximate surface area is 146 Å². The summed E-state index contributed by atoms with van der Waals surface area (Å²) in [5, 5.41) is 5.43. The van der Waals surface area contributed by atoms with E-state index in [4.69, 9.17) is 11.6 Å². The summed E-state index contributed by atoms with van der Waals surface area (Å²) >= 11 is 5.74. The minimum absolute atomic E-state index is 0.0136. The van der Waals surface area contributed by atoms with Gasteiger partial charge in [0.05, 0.1) is 5.02 Å². The quantitative estimate of drug-likeness (QED) is 0.655. The largest absolute Gasteiger partial charge is 0.340 e. The summed E-state index contributed by atoms with van der Waals surface area (Å²) in [6, 6.07) is 9.24. The van der Waals surface area contributed by atoms with Crippen LogP contribution in [0.1, 0.15) is 5.69 Å². The minimum atomic E-state index is -0.759. The van der Waals surface area contributed by atoms with Crippen LogP contribution < -0.4 is 10.6 Å². The van der Waals surface area contributed by atoms with Gasteiger partial charge in [-0.05, 0) is 37.3 Å². The van der Waals surface area contributed by atoms with E-state index in [9.17, 15) is 13.2 Å². The van der Waals surface area contributed by atoms with Gasteiger partial charge in [0.25, 0.3) is 0 Å². The number of nitrogens with zero attached hydrogens (tertiary/aromatic N) is 2. The molecule has 0 amide bonds. The van der Waals surface area contributed by atoms with Crippen molar-refractivity contribution in [1.29, 1.82) is 0 Å². The summed E-state index contributed by atoms with van der Waals surface area (Å²) in [5.74, 6) is -1.69. The molecular weight excluding hydrogens is 353 g/mol. The van der Waals surface area contributed by atoms with E-state index in [2.05, 4.69) is 20.6 Å². The summed E-state index contributed by atoms with van der Waals surface area (Å²) in [6.45, 7) is 1.70. The Morgan fingerprint density at radius 2 is 1.60 bits per heavy atom. The van der Waals surface area contributed by atoms with E-state index in [1.807, 2.05) is 0 Å². The highest BCUT2D eigenvalue weighted by atomic mass is 35.5. The van der Waals surface area contributed by atoms with E-state index < -0.39 is 17.5 Å². The van der Waals surface area contributed by atoms with Crippen LogP contribution in [0.5, 0.6) is 0 Å². The molecule has 0 aliphatic heterocycles. The van der Waals surface area contributed by atoms with Crippen LogP contribution in [0.4, 0.5) is 36.3 Å². The van der Waals surface area contributed by atoms with Gasteiger partial charge in [-0.15, -0.1) is 0 Å². The maximum Gasteiger partial charge on any atom is 0.229 e. The molecule has 3 aromatic rings. The molecule has 0 fully saturated rings. The van der Waals surface area contributed by atoms with Crippen molar-refractivity contribution in [1.82, 2.24) is 9.97 Å². The van der Waals surface area contributed by atoms with Crippen LogP contribution in [0.15, 0.2) is 42.5 Å². The number of aryl methyl sites for hydroxylation is 1. The lowest BCUT2D eigenvalue weighted by molar-refractivity contribution is 0.590. The van der Waals surface area contributed by atoms with Crippen LogP contribution in [0.2, 0.25) is 5.02 Å². The molecule has 0 saturated carbocycles. The highest BCUT2D eigenvalue weighted by Gasteiger charge is 2.11. The Hall–Kier alpha value is -2.80. The Kier molecular flexibility index (Phi) is 4.76. The second-order valence-electron chi connectivity index (χ2n) is 5.19. The summed E-state index contributed by atoms with van der Waals surface area (Å²) in [6.07, 6.45) is 0. The zero-order valence-electron chi connectivity index (χ0n) is 12.9. The fourth-order valence-electron chi connectivity index (χ4n) is 2.14. The Morgan fingerprint density at radius 3 is 2.28 bits per heavy atom. The number of rotatable bonds is 4. The minimum Gasteiger partial charge on any atom is -0.340 e. The maximum atomic E-state index is 13.7. The Balaban J connectivity index is 1.89. The molecule has 2 aromatic carbocycles. The molecule has 0 radical (unpaired) electrons. The van der Waals surface area contributed by atoms with E-state index in [1.165, 1.54) is 24.3 Å². The molecule has 0 saturated heterocycles. The number of para-hydroxylation sites is 1. The first-order valence-electron chi connectivity index (χ1n) is 7.21. The summed E-state index contributed by atoms with van der Waals surface area (Å²) in [5.41, 5.74) is 0.723. The summed E-state index contributed by atoms with van der Waals surface area (Å²) in [7, 11) is 0. The second kappa shape index (κ2) is 6.98. The lowest BCUT2D eigenvalue weighted by atomic mass is 10.3. The molecule has 128 valence electrons. The number of hydrogen-bond donors (Lipinski definition) is 2. The molecule has 1 heterocycles. The molecule has 4 nitrogen and oxygen atoms in total. The van der Waals surface area contributed by atoms with Crippen molar-refractivity contribution in [3.63, 3.8) is 0 Å². The fraction of sp³-hybridized carbons (Fsp3) is 0.0588. The molecule has 3 rings (SSSR count). The number of aromatic nitrogens is 2. The lowest BCUT2D eigenvalue weighted by Gasteiger charge is -2.11. The van der Waals surface area contributed by atoms with Crippen molar-refractivity contribution in [2.75, 3.05) is 10.6 Å². The van der Waals surface area contributed by atoms with Crippen molar-refractivity contribution in [3.05, 3.63) is 70.6 Å². The van der Waals surface area contributed by atoms with Gasteiger partial charge in [0.1, 0.15) is 29.0 Å². The summed E-state index contributed by atoms with van der Waals surface area (Å²) in [4.78, 5) is 8.26. The van der Waals surface area contributed by atoms with Crippen molar-refractivity contribution in [2.24, 2.45) is 0 Å². The topological polar surface area (TPSA) is 49.8 Å². The van der Waals surface area contributed by atoms with Gasteiger partial charge in [0.15, 0.2) is 0 Å². The van der Waals surface area contributed by atoms with Gasteiger partial charge >= 0.3 is 0 Å². The van der Waals surface area contributed by atoms with Gasteiger partial charge in [-0.25, -0.2) is 18.2 Å². The Morgan fingerprint density at radius 1 is 0.880 bits per heavy atom. The third kappa shape index (κ3) is 4.00. The average molecular weight is 365 g/mol. The molecule has 0 unspecified atom stereocenters. The number of halogens is 4. The van der Waals surface area contributed by atoms with Crippen molar-refractivity contribution in [3.8, 4) is 0 Å². The first kappa shape index (κ1) is 17.0. The molecule has 8 heteroatoms. The smallest absolute Gasteiger partial charge is 0.229 e. The predicted molar refractivity (Wildman–Crippen MR) is 91.1 cm³/mol. The third-order valence-electron chi connectivity index (χ3n) is 3.25. The van der Waals surface area contributed by atoms with E-state index in [0.29, 0.717) is 17.2 Å². The zero-order valence-corrected chi connectivity index (χ0v) is 13.7. The Bertz CT molecular complexity index is 914. The fourth-order valence-corrected chi connectivity index (χ4v) is 2.32. The van der Waals surface area contributed by atoms with Crippen molar-refractivity contribution >= 4 is 34.7 Å². The van der Waals surface area contributed by atoms with E-state index in [-0.39, 0.29) is 16.7 Å². The molecule has 0 aliphatic rings. The normalized spacial score (nSPS) is 10.6. The van der Waals surface area contributed by atoms with Gasteiger partial charge < -0.3 is 10.6 Å². The second-order valence-corrected chi connectivity index (χ2v) is 5.60. The van der Waals surface area contributed by atoms with Crippen LogP contribution in [0.3, 0.4) is 0 Å². The molecule has 0 atom stereocenters. The number of anilines is 4. The van der Waals surface area contributed by atoms with Crippen LogP contribution in [0, 0.1) is 24.4 Å². The van der Waals surface area contributed by atoms with E-state index in [0.717, 1.165) is 12.1 Å². The first-order valence-corrected chi connectivity index (χ1v) is 7.59. The van der Waals surface area contributed by atoms with E-state index in [1.54, 1.807) is 13.0 Å². The molecule has 0 aliphatic carbocycles. The van der Waals surface area contributed by atoms with Crippen molar-refractivity contribution in [2.45, 2.75) is 6.92 Å². The highest BCUT2D eigenvalue weighted by Crippen LogP contribution is 2.25. The molecule has 1 aromatic heterocycles. The van der Waals surface area contributed by atoms with Crippen molar-refractivity contribution < 1.29 is 13.2 Å². The van der Waals surface area contributed by atoms with Gasteiger partial charge in [0.2, 0.25) is 5.95 Å². The maximum absolute atomic E-state index is 13.7. The first-order chi connectivity index (χ1) is 11.9. The van der Waals surface area contributed by atoms with Crippen LogP contribution in [-0.2, 0) is 0 Å². The molecule has 0 spiro atoms.